The SMILES string of the molecule is COc1ccc(-c2ccccc2)c(NC(=O)c2sccc2S(=O)(=O)Nc2onc(C)c2Cl)c1. The van der Waals surface area contributed by atoms with Crippen molar-refractivity contribution < 1.29 is 22.5 Å². The molecule has 11 heteroatoms. The van der Waals surface area contributed by atoms with Crippen LogP contribution in [-0.4, -0.2) is 26.6 Å². The molecule has 2 heterocycles. The first-order chi connectivity index (χ1) is 15.8. The number of benzene rings is 2. The Morgan fingerprint density at radius 3 is 2.58 bits per heavy atom. The number of thiophene rings is 1. The van der Waals surface area contributed by atoms with Crippen LogP contribution in [0.2, 0.25) is 5.02 Å². The number of aryl methyl sites for hydroxylation is 1. The average molecular weight is 504 g/mol. The van der Waals surface area contributed by atoms with E-state index in [1.807, 2.05) is 36.4 Å². The number of sulfonamides is 1. The highest BCUT2D eigenvalue weighted by molar-refractivity contribution is 7.93. The Hall–Kier alpha value is -3.34. The minimum absolute atomic E-state index is 0.00306. The Balaban J connectivity index is 1.66. The number of halogens is 1. The van der Waals surface area contributed by atoms with Crippen molar-refractivity contribution in [1.29, 1.82) is 0 Å². The van der Waals surface area contributed by atoms with Crippen LogP contribution in [0.1, 0.15) is 15.4 Å². The van der Waals surface area contributed by atoms with Crippen LogP contribution in [0, 0.1) is 6.92 Å². The van der Waals surface area contributed by atoms with E-state index in [9.17, 15) is 13.2 Å². The van der Waals surface area contributed by atoms with Crippen molar-refractivity contribution in [1.82, 2.24) is 5.16 Å². The van der Waals surface area contributed by atoms with Crippen LogP contribution in [0.5, 0.6) is 5.75 Å². The van der Waals surface area contributed by atoms with Gasteiger partial charge in [-0.2, -0.15) is 0 Å². The maximum atomic E-state index is 13.2. The molecule has 0 spiro atoms. The first-order valence-electron chi connectivity index (χ1n) is 9.57. The Kier molecular flexibility index (Phi) is 6.41. The number of carbonyl (C=O) groups excluding carboxylic acids is 1. The lowest BCUT2D eigenvalue weighted by Gasteiger charge is -2.13. The van der Waals surface area contributed by atoms with E-state index in [2.05, 4.69) is 15.2 Å². The number of anilines is 2. The molecule has 0 fully saturated rings. The number of carbonyl (C=O) groups is 1. The van der Waals surface area contributed by atoms with Gasteiger partial charge in [-0.1, -0.05) is 47.1 Å². The third-order valence-corrected chi connectivity index (χ3v) is 7.56. The van der Waals surface area contributed by atoms with Crippen LogP contribution < -0.4 is 14.8 Å². The summed E-state index contributed by atoms with van der Waals surface area (Å²) in [4.78, 5) is 12.9. The fraction of sp³-hybridized carbons (Fsp3) is 0.0909. The molecule has 170 valence electrons. The van der Waals surface area contributed by atoms with Crippen molar-refractivity contribution in [3.8, 4) is 16.9 Å². The molecule has 8 nitrogen and oxygen atoms in total. The van der Waals surface area contributed by atoms with Crippen molar-refractivity contribution in [3.05, 3.63) is 75.6 Å². The minimum atomic E-state index is -4.17. The van der Waals surface area contributed by atoms with Gasteiger partial charge in [-0.05, 0) is 36.1 Å². The molecule has 0 bridgehead atoms. The molecule has 0 aliphatic carbocycles. The zero-order chi connectivity index (χ0) is 23.6. The van der Waals surface area contributed by atoms with Gasteiger partial charge in [0.15, 0.2) is 0 Å². The van der Waals surface area contributed by atoms with Crippen molar-refractivity contribution in [2.75, 3.05) is 17.1 Å². The topological polar surface area (TPSA) is 111 Å². The van der Waals surface area contributed by atoms with Crippen molar-refractivity contribution in [2.24, 2.45) is 0 Å². The molecule has 0 aliphatic rings. The number of hydrogen-bond donors (Lipinski definition) is 2. The van der Waals surface area contributed by atoms with Gasteiger partial charge in [0.05, 0.1) is 12.8 Å². The molecule has 0 unspecified atom stereocenters. The quantitative estimate of drug-likeness (QED) is 0.348. The van der Waals surface area contributed by atoms with E-state index in [0.29, 0.717) is 17.1 Å². The minimum Gasteiger partial charge on any atom is -0.497 e. The molecule has 2 aromatic heterocycles. The summed E-state index contributed by atoms with van der Waals surface area (Å²) >= 11 is 7.01. The van der Waals surface area contributed by atoms with Gasteiger partial charge < -0.3 is 14.6 Å². The molecule has 2 N–H and O–H groups in total. The highest BCUT2D eigenvalue weighted by Gasteiger charge is 2.27. The number of rotatable bonds is 7. The second-order valence-electron chi connectivity index (χ2n) is 6.86. The monoisotopic (exact) mass is 503 g/mol. The highest BCUT2D eigenvalue weighted by atomic mass is 35.5. The van der Waals surface area contributed by atoms with E-state index < -0.39 is 15.9 Å². The van der Waals surface area contributed by atoms with Crippen LogP contribution in [-0.2, 0) is 10.0 Å². The second-order valence-corrected chi connectivity index (χ2v) is 9.81. The molecule has 33 heavy (non-hydrogen) atoms. The summed E-state index contributed by atoms with van der Waals surface area (Å²) < 4.78 is 38.3. The van der Waals surface area contributed by atoms with Crippen molar-refractivity contribution in [2.45, 2.75) is 11.8 Å². The van der Waals surface area contributed by atoms with Gasteiger partial charge in [0.2, 0.25) is 0 Å². The zero-order valence-electron chi connectivity index (χ0n) is 17.5. The van der Waals surface area contributed by atoms with E-state index in [0.717, 1.165) is 22.5 Å². The van der Waals surface area contributed by atoms with E-state index in [4.69, 9.17) is 20.9 Å². The lowest BCUT2D eigenvalue weighted by atomic mass is 10.0. The number of nitrogens with one attached hydrogen (secondary N) is 2. The number of ether oxygens (including phenoxy) is 1. The summed E-state index contributed by atoms with van der Waals surface area (Å²) in [6.07, 6.45) is 0. The van der Waals surface area contributed by atoms with E-state index >= 15 is 0 Å². The number of nitrogens with zero attached hydrogens (tertiary/aromatic N) is 1. The highest BCUT2D eigenvalue weighted by Crippen LogP contribution is 2.34. The van der Waals surface area contributed by atoms with Gasteiger partial charge in [-0.25, -0.2) is 13.1 Å². The third-order valence-electron chi connectivity index (χ3n) is 4.70. The third kappa shape index (κ3) is 4.72. The van der Waals surface area contributed by atoms with Gasteiger partial charge in [0.1, 0.15) is 26.2 Å². The molecular formula is C22H18ClN3O5S2. The zero-order valence-corrected chi connectivity index (χ0v) is 19.8. The van der Waals surface area contributed by atoms with Crippen LogP contribution in [0.15, 0.2) is 69.4 Å². The van der Waals surface area contributed by atoms with E-state index in [1.165, 1.54) is 18.6 Å². The fourth-order valence-corrected chi connectivity index (χ4v) is 5.57. The van der Waals surface area contributed by atoms with Crippen molar-refractivity contribution >= 4 is 50.4 Å². The Morgan fingerprint density at radius 1 is 1.15 bits per heavy atom. The second kappa shape index (κ2) is 9.26. The molecule has 0 aliphatic heterocycles. The van der Waals surface area contributed by atoms with E-state index in [-0.39, 0.29) is 20.7 Å². The lowest BCUT2D eigenvalue weighted by Crippen LogP contribution is -2.18. The summed E-state index contributed by atoms with van der Waals surface area (Å²) in [6, 6.07) is 16.1. The summed E-state index contributed by atoms with van der Waals surface area (Å²) in [5.74, 6) is -0.262. The number of amides is 1. The van der Waals surface area contributed by atoms with Crippen LogP contribution in [0.25, 0.3) is 11.1 Å². The van der Waals surface area contributed by atoms with Gasteiger partial charge in [0.25, 0.3) is 21.8 Å². The largest absolute Gasteiger partial charge is 0.497 e. The number of methoxy groups -OCH3 is 1. The fourth-order valence-electron chi connectivity index (χ4n) is 3.08. The van der Waals surface area contributed by atoms with Crippen molar-refractivity contribution in [3.63, 3.8) is 0 Å². The molecule has 0 saturated heterocycles. The van der Waals surface area contributed by atoms with Gasteiger partial charge >= 0.3 is 0 Å². The van der Waals surface area contributed by atoms with Gasteiger partial charge in [-0.15, -0.1) is 11.3 Å². The van der Waals surface area contributed by atoms with Gasteiger partial charge in [0, 0.05) is 11.6 Å². The Bertz CT molecular complexity index is 1420. The number of aromatic nitrogens is 1. The van der Waals surface area contributed by atoms with Crippen LogP contribution >= 0.6 is 22.9 Å². The van der Waals surface area contributed by atoms with Crippen LogP contribution in [0.4, 0.5) is 11.6 Å². The smallest absolute Gasteiger partial charge is 0.267 e. The van der Waals surface area contributed by atoms with E-state index in [1.54, 1.807) is 19.1 Å². The Morgan fingerprint density at radius 2 is 1.91 bits per heavy atom. The summed E-state index contributed by atoms with van der Waals surface area (Å²) in [7, 11) is -2.64. The summed E-state index contributed by atoms with van der Waals surface area (Å²) in [5.41, 5.74) is 2.45. The summed E-state index contributed by atoms with van der Waals surface area (Å²) in [6.45, 7) is 1.57. The Labute approximate surface area is 199 Å². The molecule has 0 atom stereocenters. The predicted molar refractivity (Wildman–Crippen MR) is 128 cm³/mol. The van der Waals surface area contributed by atoms with Gasteiger partial charge in [-0.3, -0.25) is 4.79 Å². The molecule has 4 aromatic rings. The first-order valence-corrected chi connectivity index (χ1v) is 12.3. The standard InChI is InChI=1S/C22H18ClN3O5S2/c1-13-19(23)22(31-25-13)26-33(28,29)18-10-11-32-20(18)21(27)24-17-12-15(30-2)8-9-16(17)14-6-4-3-5-7-14/h3-12,26H,1-2H3,(H,24,27). The summed E-state index contributed by atoms with van der Waals surface area (Å²) in [5, 5.41) is 8.00. The maximum Gasteiger partial charge on any atom is 0.267 e. The molecule has 0 saturated carbocycles. The number of hydrogen-bond acceptors (Lipinski definition) is 7. The lowest BCUT2D eigenvalue weighted by molar-refractivity contribution is 0.102. The molecular weight excluding hydrogens is 486 g/mol. The van der Waals surface area contributed by atoms with Crippen LogP contribution in [0.3, 0.4) is 0 Å². The predicted octanol–water partition coefficient (Wildman–Crippen LogP) is 5.43. The maximum absolute atomic E-state index is 13.2. The normalized spacial score (nSPS) is 11.2. The molecule has 4 rings (SSSR count). The molecule has 1 amide bonds. The first kappa shape index (κ1) is 22.8. The average Bonchev–Trinajstić information content (AvgIpc) is 3.43. The molecule has 0 radical (unpaired) electrons. The molecule has 2 aromatic carbocycles.